The van der Waals surface area contributed by atoms with Gasteiger partial charge in [-0.15, -0.1) is 22.0 Å². The van der Waals surface area contributed by atoms with Crippen LogP contribution in [0.15, 0.2) is 24.3 Å². The van der Waals surface area contributed by atoms with Crippen molar-refractivity contribution in [2.24, 2.45) is 0 Å². The molecule has 1 saturated carbocycles. The summed E-state index contributed by atoms with van der Waals surface area (Å²) < 4.78 is 12.8. The van der Waals surface area contributed by atoms with E-state index in [0.717, 1.165) is 12.8 Å². The number of benzene rings is 1. The van der Waals surface area contributed by atoms with Crippen molar-refractivity contribution in [2.75, 3.05) is 11.1 Å². The molecular weight excluding hydrogens is 351 g/mol. The average molecular weight is 366 g/mol. The molecule has 0 radical (unpaired) electrons. The minimum Gasteiger partial charge on any atom is -0.353 e. The van der Waals surface area contributed by atoms with Crippen molar-refractivity contribution in [2.45, 2.75) is 24.6 Å². The van der Waals surface area contributed by atoms with Crippen molar-refractivity contribution in [3.63, 3.8) is 0 Å². The zero-order valence-electron chi connectivity index (χ0n) is 12.6. The topological polar surface area (TPSA) is 84.0 Å². The first-order valence-electron chi connectivity index (χ1n) is 7.36. The van der Waals surface area contributed by atoms with E-state index in [2.05, 4.69) is 20.8 Å². The van der Waals surface area contributed by atoms with Crippen LogP contribution in [0.5, 0.6) is 0 Å². The molecule has 6 nitrogen and oxygen atoms in total. The predicted octanol–water partition coefficient (Wildman–Crippen LogP) is 2.44. The van der Waals surface area contributed by atoms with E-state index in [1.807, 2.05) is 0 Å². The summed E-state index contributed by atoms with van der Waals surface area (Å²) in [6.45, 7) is 0. The largest absolute Gasteiger partial charge is 0.353 e. The van der Waals surface area contributed by atoms with Crippen molar-refractivity contribution in [1.82, 2.24) is 15.5 Å². The van der Waals surface area contributed by atoms with Gasteiger partial charge in [0.2, 0.25) is 10.9 Å². The number of anilines is 1. The summed E-state index contributed by atoms with van der Waals surface area (Å²) in [6, 6.07) is 5.85. The minimum absolute atomic E-state index is 0.0290. The zero-order chi connectivity index (χ0) is 16.9. The number of nitrogens with zero attached hydrogens (tertiary/aromatic N) is 2. The normalized spacial score (nSPS) is 13.5. The molecule has 0 spiro atoms. The Morgan fingerprint density at radius 3 is 2.71 bits per heavy atom. The van der Waals surface area contributed by atoms with Gasteiger partial charge >= 0.3 is 0 Å². The molecule has 0 unspecified atom stereocenters. The highest BCUT2D eigenvalue weighted by Crippen LogP contribution is 2.20. The Balaban J connectivity index is 1.46. The standard InChI is InChI=1S/C15H15FN4O2S2/c16-9-1-3-11(4-2-9)18-14(22)15-20-19-13(24-15)8-23-7-12(21)17-10-5-6-10/h1-4,10H,5-8H2,(H,17,21)(H,18,22). The first kappa shape index (κ1) is 16.8. The van der Waals surface area contributed by atoms with Gasteiger partial charge in [-0.2, -0.15) is 0 Å². The summed E-state index contributed by atoms with van der Waals surface area (Å²) in [6.07, 6.45) is 2.14. The number of aromatic nitrogens is 2. The van der Waals surface area contributed by atoms with E-state index in [-0.39, 0.29) is 22.6 Å². The van der Waals surface area contributed by atoms with Crippen LogP contribution in [0.25, 0.3) is 0 Å². The zero-order valence-corrected chi connectivity index (χ0v) is 14.3. The fraction of sp³-hybridized carbons (Fsp3) is 0.333. The summed E-state index contributed by atoms with van der Waals surface area (Å²) in [5.74, 6) is 0.171. The van der Waals surface area contributed by atoms with Crippen LogP contribution in [0.4, 0.5) is 10.1 Å². The number of nitrogens with one attached hydrogen (secondary N) is 2. The number of thioether (sulfide) groups is 1. The molecule has 126 valence electrons. The Hall–Kier alpha value is -2.00. The Bertz CT molecular complexity index is 731. The molecule has 1 aliphatic carbocycles. The Morgan fingerprint density at radius 2 is 2.00 bits per heavy atom. The molecule has 0 atom stereocenters. The van der Waals surface area contributed by atoms with Crippen molar-refractivity contribution < 1.29 is 14.0 Å². The summed E-state index contributed by atoms with van der Waals surface area (Å²) >= 11 is 2.62. The minimum atomic E-state index is -0.387. The van der Waals surface area contributed by atoms with Crippen LogP contribution in [0.1, 0.15) is 27.7 Å². The highest BCUT2D eigenvalue weighted by molar-refractivity contribution is 7.99. The SMILES string of the molecule is O=C(CSCc1nnc(C(=O)Nc2ccc(F)cc2)s1)NC1CC1. The van der Waals surface area contributed by atoms with E-state index in [9.17, 15) is 14.0 Å². The van der Waals surface area contributed by atoms with E-state index < -0.39 is 0 Å². The summed E-state index contributed by atoms with van der Waals surface area (Å²) in [5, 5.41) is 14.3. The maximum atomic E-state index is 12.8. The molecule has 1 heterocycles. The molecule has 1 aliphatic rings. The lowest BCUT2D eigenvalue weighted by Gasteiger charge is -2.02. The lowest BCUT2D eigenvalue weighted by Crippen LogP contribution is -2.27. The van der Waals surface area contributed by atoms with Crippen molar-refractivity contribution in [3.05, 3.63) is 40.1 Å². The highest BCUT2D eigenvalue weighted by atomic mass is 32.2. The second-order valence-electron chi connectivity index (χ2n) is 5.30. The van der Waals surface area contributed by atoms with E-state index in [1.165, 1.54) is 47.4 Å². The molecule has 2 aromatic rings. The number of hydrogen-bond donors (Lipinski definition) is 2. The molecular formula is C15H15FN4O2S2. The van der Waals surface area contributed by atoms with E-state index >= 15 is 0 Å². The number of carbonyl (C=O) groups is 2. The maximum Gasteiger partial charge on any atom is 0.286 e. The maximum absolute atomic E-state index is 12.8. The van der Waals surface area contributed by atoms with Crippen LogP contribution in [-0.4, -0.2) is 33.8 Å². The molecule has 1 fully saturated rings. The number of amides is 2. The van der Waals surface area contributed by atoms with Crippen LogP contribution in [0.3, 0.4) is 0 Å². The molecule has 24 heavy (non-hydrogen) atoms. The van der Waals surface area contributed by atoms with Gasteiger partial charge < -0.3 is 10.6 Å². The number of hydrogen-bond acceptors (Lipinski definition) is 6. The van der Waals surface area contributed by atoms with Crippen LogP contribution in [-0.2, 0) is 10.5 Å². The average Bonchev–Trinajstić information content (AvgIpc) is 3.23. The summed E-state index contributed by atoms with van der Waals surface area (Å²) in [4.78, 5) is 23.6. The van der Waals surface area contributed by atoms with Gasteiger partial charge in [0.1, 0.15) is 10.8 Å². The molecule has 9 heteroatoms. The number of rotatable bonds is 7. The van der Waals surface area contributed by atoms with E-state index in [4.69, 9.17) is 0 Å². The Morgan fingerprint density at radius 1 is 1.25 bits per heavy atom. The molecule has 0 bridgehead atoms. The van der Waals surface area contributed by atoms with Crippen molar-refractivity contribution in [1.29, 1.82) is 0 Å². The van der Waals surface area contributed by atoms with Crippen LogP contribution < -0.4 is 10.6 Å². The van der Waals surface area contributed by atoms with Gasteiger partial charge in [0, 0.05) is 17.5 Å². The molecule has 1 aromatic heterocycles. The third kappa shape index (κ3) is 5.00. The van der Waals surface area contributed by atoms with Gasteiger partial charge in [-0.05, 0) is 37.1 Å². The van der Waals surface area contributed by atoms with Gasteiger partial charge in [-0.25, -0.2) is 4.39 Å². The monoisotopic (exact) mass is 366 g/mol. The number of halogens is 1. The lowest BCUT2D eigenvalue weighted by molar-refractivity contribution is -0.118. The van der Waals surface area contributed by atoms with Crippen LogP contribution in [0.2, 0.25) is 0 Å². The molecule has 1 aromatic carbocycles. The third-order valence-corrected chi connectivity index (χ3v) is 5.21. The molecule has 2 amide bonds. The lowest BCUT2D eigenvalue weighted by atomic mass is 10.3. The first-order valence-corrected chi connectivity index (χ1v) is 9.33. The summed E-state index contributed by atoms with van der Waals surface area (Å²) in [7, 11) is 0. The molecule has 0 aliphatic heterocycles. The Kier molecular flexibility index (Phi) is 5.41. The number of carbonyl (C=O) groups excluding carboxylic acids is 2. The van der Waals surface area contributed by atoms with Gasteiger partial charge in [0.05, 0.1) is 5.75 Å². The molecule has 0 saturated heterocycles. The predicted molar refractivity (Wildman–Crippen MR) is 91.6 cm³/mol. The quantitative estimate of drug-likeness (QED) is 0.786. The first-order chi connectivity index (χ1) is 11.6. The molecule has 2 N–H and O–H groups in total. The second kappa shape index (κ2) is 7.71. The second-order valence-corrected chi connectivity index (χ2v) is 7.34. The van der Waals surface area contributed by atoms with E-state index in [1.54, 1.807) is 0 Å². The van der Waals surface area contributed by atoms with Crippen LogP contribution in [0, 0.1) is 5.82 Å². The third-order valence-electron chi connectivity index (χ3n) is 3.16. The smallest absolute Gasteiger partial charge is 0.286 e. The van der Waals surface area contributed by atoms with E-state index in [0.29, 0.717) is 28.2 Å². The van der Waals surface area contributed by atoms with Crippen LogP contribution >= 0.6 is 23.1 Å². The van der Waals surface area contributed by atoms with Gasteiger partial charge in [-0.1, -0.05) is 11.3 Å². The fourth-order valence-electron chi connectivity index (χ4n) is 1.85. The van der Waals surface area contributed by atoms with Crippen molar-refractivity contribution in [3.8, 4) is 0 Å². The van der Waals surface area contributed by atoms with Gasteiger partial charge in [-0.3, -0.25) is 9.59 Å². The fourth-order valence-corrected chi connectivity index (χ4v) is 3.47. The molecule has 3 rings (SSSR count). The Labute approximate surface area is 146 Å². The van der Waals surface area contributed by atoms with Gasteiger partial charge in [0.25, 0.3) is 5.91 Å². The summed E-state index contributed by atoms with van der Waals surface area (Å²) in [5.41, 5.74) is 0.490. The van der Waals surface area contributed by atoms with Gasteiger partial charge in [0.15, 0.2) is 0 Å². The van der Waals surface area contributed by atoms with Crippen molar-refractivity contribution >= 4 is 40.6 Å². The highest BCUT2D eigenvalue weighted by Gasteiger charge is 2.23.